The Balaban J connectivity index is 1.64. The van der Waals surface area contributed by atoms with E-state index < -0.39 is 0 Å². The standard InChI is InChI=1S/C13H23N/c1-11-4-2-3-5-12(11)14-9-8-13(10-14)6-7-13/h11-12H,2-10H2,1H3/t11-,12+/m1/s1. The molecule has 2 atom stereocenters. The maximum Gasteiger partial charge on any atom is 0.0121 e. The van der Waals surface area contributed by atoms with Crippen LogP contribution in [0.25, 0.3) is 0 Å². The van der Waals surface area contributed by atoms with Gasteiger partial charge in [-0.15, -0.1) is 0 Å². The molecule has 1 heteroatoms. The first-order valence-electron chi connectivity index (χ1n) is 6.53. The average molecular weight is 193 g/mol. The first-order valence-corrected chi connectivity index (χ1v) is 6.53. The van der Waals surface area contributed by atoms with Gasteiger partial charge in [-0.2, -0.15) is 0 Å². The fourth-order valence-electron chi connectivity index (χ4n) is 3.68. The fourth-order valence-corrected chi connectivity index (χ4v) is 3.68. The Kier molecular flexibility index (Phi) is 2.12. The molecule has 2 aliphatic carbocycles. The molecule has 0 aromatic carbocycles. The minimum Gasteiger partial charge on any atom is -0.300 e. The summed E-state index contributed by atoms with van der Waals surface area (Å²) in [5.41, 5.74) is 0.831. The molecule has 1 heterocycles. The van der Waals surface area contributed by atoms with Crippen LogP contribution >= 0.6 is 0 Å². The van der Waals surface area contributed by atoms with Crippen molar-refractivity contribution in [1.29, 1.82) is 0 Å². The van der Waals surface area contributed by atoms with Crippen LogP contribution in [0.1, 0.15) is 51.9 Å². The van der Waals surface area contributed by atoms with E-state index in [1.54, 1.807) is 0 Å². The van der Waals surface area contributed by atoms with Gasteiger partial charge in [0.25, 0.3) is 0 Å². The number of hydrogen-bond donors (Lipinski definition) is 0. The maximum absolute atomic E-state index is 2.83. The Morgan fingerprint density at radius 1 is 1.07 bits per heavy atom. The topological polar surface area (TPSA) is 3.24 Å². The van der Waals surface area contributed by atoms with Crippen molar-refractivity contribution in [1.82, 2.24) is 4.90 Å². The highest BCUT2D eigenvalue weighted by Crippen LogP contribution is 2.53. The summed E-state index contributed by atoms with van der Waals surface area (Å²) < 4.78 is 0. The fraction of sp³-hybridized carbons (Fsp3) is 1.00. The summed E-state index contributed by atoms with van der Waals surface area (Å²) in [6.07, 6.45) is 10.5. The second kappa shape index (κ2) is 3.23. The lowest BCUT2D eigenvalue weighted by Gasteiger charge is -2.36. The van der Waals surface area contributed by atoms with Crippen molar-refractivity contribution in [2.24, 2.45) is 11.3 Å². The second-order valence-electron chi connectivity index (χ2n) is 6.05. The third-order valence-corrected chi connectivity index (χ3v) is 4.96. The van der Waals surface area contributed by atoms with E-state index in [9.17, 15) is 0 Å². The van der Waals surface area contributed by atoms with E-state index in [2.05, 4.69) is 11.8 Å². The second-order valence-corrected chi connectivity index (χ2v) is 6.05. The summed E-state index contributed by atoms with van der Waals surface area (Å²) in [4.78, 5) is 2.83. The average Bonchev–Trinajstić information content (AvgIpc) is 2.79. The van der Waals surface area contributed by atoms with Crippen molar-refractivity contribution in [3.8, 4) is 0 Å². The van der Waals surface area contributed by atoms with E-state index in [1.807, 2.05) is 0 Å². The summed E-state index contributed by atoms with van der Waals surface area (Å²) in [6, 6.07) is 0.948. The summed E-state index contributed by atoms with van der Waals surface area (Å²) in [5, 5.41) is 0. The number of likely N-dealkylation sites (tertiary alicyclic amines) is 1. The van der Waals surface area contributed by atoms with Gasteiger partial charge in [0, 0.05) is 12.6 Å². The van der Waals surface area contributed by atoms with Crippen LogP contribution < -0.4 is 0 Å². The Morgan fingerprint density at radius 2 is 1.86 bits per heavy atom. The molecule has 2 saturated carbocycles. The zero-order valence-corrected chi connectivity index (χ0v) is 9.47. The summed E-state index contributed by atoms with van der Waals surface area (Å²) in [6.45, 7) is 5.33. The van der Waals surface area contributed by atoms with Crippen LogP contribution in [0.4, 0.5) is 0 Å². The lowest BCUT2D eigenvalue weighted by atomic mass is 9.85. The van der Waals surface area contributed by atoms with Gasteiger partial charge >= 0.3 is 0 Å². The van der Waals surface area contributed by atoms with Gasteiger partial charge in [0.15, 0.2) is 0 Å². The number of rotatable bonds is 1. The predicted molar refractivity (Wildman–Crippen MR) is 59.3 cm³/mol. The summed E-state index contributed by atoms with van der Waals surface area (Å²) >= 11 is 0. The summed E-state index contributed by atoms with van der Waals surface area (Å²) in [5.74, 6) is 0.970. The summed E-state index contributed by atoms with van der Waals surface area (Å²) in [7, 11) is 0. The predicted octanol–water partition coefficient (Wildman–Crippen LogP) is 3.05. The minimum atomic E-state index is 0.831. The SMILES string of the molecule is C[C@@H]1CCCC[C@@H]1N1CCC2(CC2)C1. The first-order chi connectivity index (χ1) is 6.79. The van der Waals surface area contributed by atoms with Gasteiger partial charge in [0.1, 0.15) is 0 Å². The molecule has 1 nitrogen and oxygen atoms in total. The molecular formula is C13H23N. The monoisotopic (exact) mass is 193 g/mol. The van der Waals surface area contributed by atoms with E-state index >= 15 is 0 Å². The smallest absolute Gasteiger partial charge is 0.0121 e. The van der Waals surface area contributed by atoms with E-state index in [0.29, 0.717) is 0 Å². The van der Waals surface area contributed by atoms with Gasteiger partial charge in [-0.05, 0) is 50.0 Å². The molecule has 1 spiro atoms. The molecule has 1 aliphatic heterocycles. The van der Waals surface area contributed by atoms with Gasteiger partial charge in [0.2, 0.25) is 0 Å². The zero-order chi connectivity index (χ0) is 9.60. The van der Waals surface area contributed by atoms with Crippen LogP contribution in [-0.2, 0) is 0 Å². The zero-order valence-electron chi connectivity index (χ0n) is 9.47. The van der Waals surface area contributed by atoms with Crippen LogP contribution in [0, 0.1) is 11.3 Å². The molecule has 0 amide bonds. The molecule has 0 bridgehead atoms. The quantitative estimate of drug-likeness (QED) is 0.618. The Labute approximate surface area is 87.9 Å². The van der Waals surface area contributed by atoms with E-state index in [1.165, 1.54) is 58.0 Å². The van der Waals surface area contributed by atoms with Gasteiger partial charge in [-0.3, -0.25) is 4.90 Å². The van der Waals surface area contributed by atoms with Crippen LogP contribution in [0.15, 0.2) is 0 Å². The molecule has 0 N–H and O–H groups in total. The molecule has 3 fully saturated rings. The van der Waals surface area contributed by atoms with Gasteiger partial charge in [-0.25, -0.2) is 0 Å². The Hall–Kier alpha value is -0.0400. The largest absolute Gasteiger partial charge is 0.300 e. The number of nitrogens with zero attached hydrogens (tertiary/aromatic N) is 1. The third kappa shape index (κ3) is 1.50. The maximum atomic E-state index is 2.83. The molecule has 1 saturated heterocycles. The molecule has 0 aromatic heterocycles. The molecule has 14 heavy (non-hydrogen) atoms. The Morgan fingerprint density at radius 3 is 2.50 bits per heavy atom. The van der Waals surface area contributed by atoms with Crippen molar-refractivity contribution in [2.45, 2.75) is 57.9 Å². The molecule has 0 unspecified atom stereocenters. The highest BCUT2D eigenvalue weighted by Gasteiger charge is 2.49. The molecule has 3 aliphatic rings. The molecule has 80 valence electrons. The van der Waals surface area contributed by atoms with E-state index in [-0.39, 0.29) is 0 Å². The van der Waals surface area contributed by atoms with E-state index in [4.69, 9.17) is 0 Å². The third-order valence-electron chi connectivity index (χ3n) is 4.96. The van der Waals surface area contributed by atoms with Crippen LogP contribution in [0.2, 0.25) is 0 Å². The molecular weight excluding hydrogens is 170 g/mol. The minimum absolute atomic E-state index is 0.831. The van der Waals surface area contributed by atoms with Gasteiger partial charge in [0.05, 0.1) is 0 Å². The van der Waals surface area contributed by atoms with Crippen molar-refractivity contribution >= 4 is 0 Å². The van der Waals surface area contributed by atoms with Crippen molar-refractivity contribution in [3.63, 3.8) is 0 Å². The number of hydrogen-bond acceptors (Lipinski definition) is 1. The molecule has 0 radical (unpaired) electrons. The lowest BCUT2D eigenvalue weighted by Crippen LogP contribution is -2.40. The Bertz CT molecular complexity index is 219. The van der Waals surface area contributed by atoms with Crippen molar-refractivity contribution in [3.05, 3.63) is 0 Å². The van der Waals surface area contributed by atoms with Crippen LogP contribution in [0.3, 0.4) is 0 Å². The lowest BCUT2D eigenvalue weighted by molar-refractivity contribution is 0.132. The van der Waals surface area contributed by atoms with Crippen LogP contribution in [-0.4, -0.2) is 24.0 Å². The highest BCUT2D eigenvalue weighted by molar-refractivity contribution is 5.02. The first kappa shape index (κ1) is 9.21. The van der Waals surface area contributed by atoms with Gasteiger partial charge < -0.3 is 0 Å². The van der Waals surface area contributed by atoms with Crippen LogP contribution in [0.5, 0.6) is 0 Å². The highest BCUT2D eigenvalue weighted by atomic mass is 15.2. The van der Waals surface area contributed by atoms with Crippen molar-refractivity contribution in [2.75, 3.05) is 13.1 Å². The molecule has 0 aromatic rings. The normalized spacial score (nSPS) is 41.8. The van der Waals surface area contributed by atoms with E-state index in [0.717, 1.165) is 17.4 Å². The van der Waals surface area contributed by atoms with Gasteiger partial charge in [-0.1, -0.05) is 19.8 Å². The molecule has 3 rings (SSSR count). The van der Waals surface area contributed by atoms with Crippen molar-refractivity contribution < 1.29 is 0 Å².